The van der Waals surface area contributed by atoms with Crippen LogP contribution in [0.5, 0.6) is 0 Å². The van der Waals surface area contributed by atoms with Crippen LogP contribution in [0, 0.1) is 6.92 Å². The largest absolute Gasteiger partial charge is 0.467 e. The average molecular weight is 342 g/mol. The van der Waals surface area contributed by atoms with Crippen molar-refractivity contribution in [3.8, 4) is 0 Å². The van der Waals surface area contributed by atoms with Crippen molar-refractivity contribution in [2.45, 2.75) is 25.5 Å². The van der Waals surface area contributed by atoms with Gasteiger partial charge in [0.05, 0.1) is 13.2 Å². The highest BCUT2D eigenvalue weighted by molar-refractivity contribution is 9.10. The Labute approximate surface area is 125 Å². The number of amides is 1. The van der Waals surface area contributed by atoms with E-state index in [1.165, 1.54) is 12.0 Å². The minimum absolute atomic E-state index is 0.143. The van der Waals surface area contributed by atoms with Gasteiger partial charge in [-0.05, 0) is 30.7 Å². The molecule has 0 aromatic heterocycles. The molecule has 2 rings (SSSR count). The molecule has 0 aliphatic carbocycles. The van der Waals surface area contributed by atoms with Gasteiger partial charge in [0, 0.05) is 23.0 Å². The van der Waals surface area contributed by atoms with Crippen LogP contribution in [0.25, 0.3) is 0 Å². The first-order valence-corrected chi connectivity index (χ1v) is 7.05. The van der Waals surface area contributed by atoms with Crippen LogP contribution >= 0.6 is 15.9 Å². The Morgan fingerprint density at radius 2 is 2.10 bits per heavy atom. The van der Waals surface area contributed by atoms with Gasteiger partial charge in [-0.25, -0.2) is 4.79 Å². The number of rotatable bonds is 2. The van der Waals surface area contributed by atoms with Gasteiger partial charge in [-0.15, -0.1) is 0 Å². The summed E-state index contributed by atoms with van der Waals surface area (Å²) in [5.41, 5.74) is 1.43. The van der Waals surface area contributed by atoms with Gasteiger partial charge in [-0.1, -0.05) is 15.9 Å². The molecule has 108 valence electrons. The second-order valence-corrected chi connectivity index (χ2v) is 5.82. The van der Waals surface area contributed by atoms with Crippen LogP contribution in [0.1, 0.15) is 22.3 Å². The van der Waals surface area contributed by atoms with Crippen molar-refractivity contribution in [3.63, 3.8) is 0 Å². The van der Waals surface area contributed by atoms with Crippen LogP contribution in [0.2, 0.25) is 0 Å². The molecule has 6 heteroatoms. The van der Waals surface area contributed by atoms with Gasteiger partial charge in [-0.2, -0.15) is 0 Å². The molecule has 0 radical (unpaired) electrons. The number of carbonyl (C=O) groups is 2. The molecule has 1 aliphatic rings. The van der Waals surface area contributed by atoms with E-state index in [0.29, 0.717) is 5.56 Å². The number of hydrogen-bond donors (Lipinski definition) is 1. The summed E-state index contributed by atoms with van der Waals surface area (Å²) in [4.78, 5) is 25.6. The molecule has 0 saturated carbocycles. The van der Waals surface area contributed by atoms with Crippen molar-refractivity contribution in [1.29, 1.82) is 0 Å². The lowest BCUT2D eigenvalue weighted by atomic mass is 10.1. The zero-order chi connectivity index (χ0) is 14.9. The number of aliphatic hydroxyl groups excluding tert-OH is 1. The molecule has 1 amide bonds. The molecule has 1 fully saturated rings. The Morgan fingerprint density at radius 3 is 2.70 bits per heavy atom. The quantitative estimate of drug-likeness (QED) is 0.828. The maximum atomic E-state index is 12.5. The summed E-state index contributed by atoms with van der Waals surface area (Å²) >= 11 is 3.35. The van der Waals surface area contributed by atoms with E-state index >= 15 is 0 Å². The number of methoxy groups -OCH3 is 1. The first-order chi connectivity index (χ1) is 9.42. The van der Waals surface area contributed by atoms with E-state index in [2.05, 4.69) is 15.9 Å². The van der Waals surface area contributed by atoms with Crippen molar-refractivity contribution >= 4 is 27.8 Å². The number of benzene rings is 1. The van der Waals surface area contributed by atoms with E-state index < -0.39 is 18.1 Å². The summed E-state index contributed by atoms with van der Waals surface area (Å²) < 4.78 is 5.49. The van der Waals surface area contributed by atoms with Crippen LogP contribution in [0.4, 0.5) is 0 Å². The van der Waals surface area contributed by atoms with Crippen molar-refractivity contribution in [2.24, 2.45) is 0 Å². The highest BCUT2D eigenvalue weighted by Crippen LogP contribution is 2.23. The average Bonchev–Trinajstić information content (AvgIpc) is 2.78. The second kappa shape index (κ2) is 5.93. The number of esters is 1. The summed E-state index contributed by atoms with van der Waals surface area (Å²) in [5, 5.41) is 9.71. The lowest BCUT2D eigenvalue weighted by Gasteiger charge is -2.22. The third kappa shape index (κ3) is 3.02. The molecule has 2 atom stereocenters. The SMILES string of the molecule is COC(=O)C1CC(O)CN1C(=O)c1cc(C)cc(Br)c1. The van der Waals surface area contributed by atoms with Gasteiger partial charge in [-0.3, -0.25) is 4.79 Å². The molecule has 2 unspecified atom stereocenters. The normalized spacial score (nSPS) is 21.9. The predicted octanol–water partition coefficient (Wildman–Crippen LogP) is 1.51. The predicted molar refractivity (Wildman–Crippen MR) is 76.3 cm³/mol. The fraction of sp³-hybridized carbons (Fsp3) is 0.429. The number of carbonyl (C=O) groups excluding carboxylic acids is 2. The molecule has 0 bridgehead atoms. The number of β-amino-alcohol motifs (C(OH)–C–C–N with tert-alkyl or cyclic N) is 1. The maximum Gasteiger partial charge on any atom is 0.328 e. The number of hydrogen-bond acceptors (Lipinski definition) is 4. The monoisotopic (exact) mass is 341 g/mol. The van der Waals surface area contributed by atoms with Crippen molar-refractivity contribution in [3.05, 3.63) is 33.8 Å². The Kier molecular flexibility index (Phi) is 4.45. The first-order valence-electron chi connectivity index (χ1n) is 6.26. The zero-order valence-corrected chi connectivity index (χ0v) is 12.9. The molecular formula is C14H16BrNO4. The third-order valence-electron chi connectivity index (χ3n) is 3.30. The van der Waals surface area contributed by atoms with E-state index in [-0.39, 0.29) is 18.9 Å². The molecular weight excluding hydrogens is 326 g/mol. The number of ether oxygens (including phenoxy) is 1. The number of likely N-dealkylation sites (tertiary alicyclic amines) is 1. The standard InChI is InChI=1S/C14H16BrNO4/c1-8-3-9(5-10(15)4-8)13(18)16-7-11(17)6-12(16)14(19)20-2/h3-5,11-12,17H,6-7H2,1-2H3. The molecule has 1 heterocycles. The van der Waals surface area contributed by atoms with Crippen molar-refractivity contribution < 1.29 is 19.4 Å². The Bertz CT molecular complexity index is 526. The van der Waals surface area contributed by atoms with E-state index in [1.54, 1.807) is 12.1 Å². The highest BCUT2D eigenvalue weighted by Gasteiger charge is 2.39. The van der Waals surface area contributed by atoms with E-state index in [0.717, 1.165) is 10.0 Å². The van der Waals surface area contributed by atoms with E-state index in [4.69, 9.17) is 4.74 Å². The number of aliphatic hydroxyl groups is 1. The molecule has 1 saturated heterocycles. The van der Waals surface area contributed by atoms with Crippen LogP contribution in [-0.4, -0.2) is 47.7 Å². The van der Waals surface area contributed by atoms with Crippen LogP contribution in [0.15, 0.2) is 22.7 Å². The number of aryl methyl sites for hydroxylation is 1. The lowest BCUT2D eigenvalue weighted by Crippen LogP contribution is -2.41. The number of nitrogens with zero attached hydrogens (tertiary/aromatic N) is 1. The van der Waals surface area contributed by atoms with Gasteiger partial charge in [0.25, 0.3) is 5.91 Å². The maximum absolute atomic E-state index is 12.5. The molecule has 20 heavy (non-hydrogen) atoms. The topological polar surface area (TPSA) is 66.8 Å². The Hall–Kier alpha value is -1.40. The smallest absolute Gasteiger partial charge is 0.328 e. The Balaban J connectivity index is 2.28. The van der Waals surface area contributed by atoms with Gasteiger partial charge in [0.1, 0.15) is 6.04 Å². The lowest BCUT2D eigenvalue weighted by molar-refractivity contribution is -0.145. The van der Waals surface area contributed by atoms with Gasteiger partial charge >= 0.3 is 5.97 Å². The second-order valence-electron chi connectivity index (χ2n) is 4.90. The van der Waals surface area contributed by atoms with Crippen LogP contribution in [-0.2, 0) is 9.53 Å². The summed E-state index contributed by atoms with van der Waals surface area (Å²) in [6.45, 7) is 2.03. The van der Waals surface area contributed by atoms with Crippen LogP contribution < -0.4 is 0 Å². The first kappa shape index (κ1) is 15.0. The third-order valence-corrected chi connectivity index (χ3v) is 3.76. The van der Waals surface area contributed by atoms with E-state index in [1.807, 2.05) is 13.0 Å². The van der Waals surface area contributed by atoms with Crippen LogP contribution in [0.3, 0.4) is 0 Å². The molecule has 5 nitrogen and oxygen atoms in total. The fourth-order valence-electron chi connectivity index (χ4n) is 2.42. The zero-order valence-electron chi connectivity index (χ0n) is 11.3. The number of halogens is 1. The summed E-state index contributed by atoms with van der Waals surface area (Å²) in [6, 6.07) is 4.63. The fourth-order valence-corrected chi connectivity index (χ4v) is 3.03. The van der Waals surface area contributed by atoms with Crippen molar-refractivity contribution in [1.82, 2.24) is 4.90 Å². The van der Waals surface area contributed by atoms with E-state index in [9.17, 15) is 14.7 Å². The summed E-state index contributed by atoms with van der Waals surface area (Å²) in [5.74, 6) is -0.775. The minimum atomic E-state index is -0.721. The molecule has 0 spiro atoms. The minimum Gasteiger partial charge on any atom is -0.467 e. The molecule has 1 aromatic carbocycles. The molecule has 1 aromatic rings. The highest BCUT2D eigenvalue weighted by atomic mass is 79.9. The van der Waals surface area contributed by atoms with Crippen molar-refractivity contribution in [2.75, 3.05) is 13.7 Å². The summed E-state index contributed by atoms with van der Waals surface area (Å²) in [6.07, 6.45) is -0.484. The van der Waals surface area contributed by atoms with Gasteiger partial charge < -0.3 is 14.7 Å². The van der Waals surface area contributed by atoms with Gasteiger partial charge in [0.2, 0.25) is 0 Å². The summed E-state index contributed by atoms with van der Waals surface area (Å²) in [7, 11) is 1.28. The molecule has 1 N–H and O–H groups in total. The molecule has 1 aliphatic heterocycles. The Morgan fingerprint density at radius 1 is 1.40 bits per heavy atom. The van der Waals surface area contributed by atoms with Gasteiger partial charge in [0.15, 0.2) is 0 Å².